The fourth-order valence-corrected chi connectivity index (χ4v) is 5.00. The Morgan fingerprint density at radius 1 is 1.05 bits per heavy atom. The number of aromatic nitrogens is 2. The number of carboxylic acids is 1. The summed E-state index contributed by atoms with van der Waals surface area (Å²) in [6.07, 6.45) is -3.59. The third-order valence-corrected chi connectivity index (χ3v) is 6.84. The molecule has 1 aliphatic rings. The van der Waals surface area contributed by atoms with Crippen LogP contribution in [0, 0.1) is 0 Å². The van der Waals surface area contributed by atoms with Crippen LogP contribution >= 0.6 is 11.6 Å². The highest BCUT2D eigenvalue weighted by atomic mass is 35.5. The van der Waals surface area contributed by atoms with Crippen molar-refractivity contribution in [3.05, 3.63) is 107 Å². The summed E-state index contributed by atoms with van der Waals surface area (Å²) < 4.78 is 45.8. The molecule has 200 valence electrons. The zero-order valence-corrected chi connectivity index (χ0v) is 20.9. The molecule has 4 aromatic rings. The molecule has 0 bridgehead atoms. The van der Waals surface area contributed by atoms with E-state index in [0.717, 1.165) is 28.3 Å². The number of alkyl carbamates (subject to hydrolysis) is 1. The molecule has 0 fully saturated rings. The Morgan fingerprint density at radius 2 is 1.69 bits per heavy atom. The molecular weight excluding hydrogens is 535 g/mol. The molecule has 0 spiro atoms. The van der Waals surface area contributed by atoms with Gasteiger partial charge in [-0.3, -0.25) is 0 Å². The first-order valence-corrected chi connectivity index (χ1v) is 12.2. The fraction of sp³-hybridized carbons (Fsp3) is 0.179. The minimum absolute atomic E-state index is 0.00468. The Morgan fingerprint density at radius 3 is 2.28 bits per heavy atom. The van der Waals surface area contributed by atoms with Crippen molar-refractivity contribution in [2.24, 2.45) is 0 Å². The van der Waals surface area contributed by atoms with Crippen LogP contribution < -0.4 is 5.32 Å². The van der Waals surface area contributed by atoms with E-state index < -0.39 is 29.8 Å². The molecule has 1 amide bonds. The van der Waals surface area contributed by atoms with Crippen molar-refractivity contribution in [1.29, 1.82) is 0 Å². The molecule has 7 nitrogen and oxygen atoms in total. The van der Waals surface area contributed by atoms with Gasteiger partial charge in [-0.25, -0.2) is 14.6 Å². The zero-order chi connectivity index (χ0) is 27.7. The Bertz CT molecular complexity index is 1510. The highest BCUT2D eigenvalue weighted by Crippen LogP contribution is 2.44. The lowest BCUT2D eigenvalue weighted by Gasteiger charge is -2.18. The lowest BCUT2D eigenvalue weighted by molar-refractivity contribution is -0.139. The number of hydrogen-bond donors (Lipinski definition) is 2. The number of rotatable bonds is 7. The van der Waals surface area contributed by atoms with Crippen LogP contribution in [0.25, 0.3) is 16.9 Å². The summed E-state index contributed by atoms with van der Waals surface area (Å²) in [6.45, 7) is 0.00760. The van der Waals surface area contributed by atoms with Crippen LogP contribution in [0.3, 0.4) is 0 Å². The number of fused-ring (bicyclic) bond motifs is 3. The third-order valence-electron chi connectivity index (χ3n) is 6.56. The molecule has 1 aliphatic carbocycles. The molecule has 0 saturated heterocycles. The summed E-state index contributed by atoms with van der Waals surface area (Å²) in [4.78, 5) is 28.5. The number of ether oxygens (including phenoxy) is 1. The average molecular weight is 556 g/mol. The van der Waals surface area contributed by atoms with Crippen LogP contribution in [-0.4, -0.2) is 39.4 Å². The zero-order valence-electron chi connectivity index (χ0n) is 20.2. The number of nitrogens with one attached hydrogen (secondary N) is 1. The van der Waals surface area contributed by atoms with Gasteiger partial charge in [0.05, 0.1) is 10.6 Å². The van der Waals surface area contributed by atoms with Crippen molar-refractivity contribution in [2.75, 3.05) is 6.61 Å². The number of nitrogens with zero attached hydrogens (tertiary/aromatic N) is 2. The van der Waals surface area contributed by atoms with Gasteiger partial charge in [0.2, 0.25) is 0 Å². The molecule has 11 heteroatoms. The van der Waals surface area contributed by atoms with Gasteiger partial charge in [0.15, 0.2) is 5.82 Å². The standard InChI is InChI=1S/C28H21ClF3N3O4/c29-23-12-16(28(30,31)32)14-33-25(23)35-11-5-6-17(35)13-24(26(36)37)34-27(38)39-15-22-20-9-3-1-7-18(20)19-8-2-4-10-21(19)22/h1-12,14,22,24H,13,15H2,(H,34,38)(H,36,37). The molecule has 39 heavy (non-hydrogen) atoms. The number of halogens is 4. The second kappa shape index (κ2) is 10.5. The van der Waals surface area contributed by atoms with Crippen LogP contribution in [0.2, 0.25) is 5.02 Å². The first-order chi connectivity index (χ1) is 18.6. The van der Waals surface area contributed by atoms with Gasteiger partial charge in [-0.2, -0.15) is 13.2 Å². The largest absolute Gasteiger partial charge is 0.480 e. The summed E-state index contributed by atoms with van der Waals surface area (Å²) in [7, 11) is 0. The monoisotopic (exact) mass is 555 g/mol. The predicted octanol–water partition coefficient (Wildman–Crippen LogP) is 6.08. The van der Waals surface area contributed by atoms with E-state index >= 15 is 0 Å². The van der Waals surface area contributed by atoms with E-state index in [4.69, 9.17) is 16.3 Å². The van der Waals surface area contributed by atoms with Gasteiger partial charge in [0.25, 0.3) is 0 Å². The first kappa shape index (κ1) is 26.3. The molecule has 0 radical (unpaired) electrons. The summed E-state index contributed by atoms with van der Waals surface area (Å²) in [5.74, 6) is -1.52. The first-order valence-electron chi connectivity index (χ1n) is 11.9. The number of hydrogen-bond acceptors (Lipinski definition) is 4. The van der Waals surface area contributed by atoms with E-state index in [1.54, 1.807) is 12.1 Å². The van der Waals surface area contributed by atoms with Crippen molar-refractivity contribution in [3.63, 3.8) is 0 Å². The van der Waals surface area contributed by atoms with Crippen LogP contribution in [-0.2, 0) is 22.1 Å². The van der Waals surface area contributed by atoms with E-state index in [9.17, 15) is 27.9 Å². The molecule has 0 aliphatic heterocycles. The summed E-state index contributed by atoms with van der Waals surface area (Å²) >= 11 is 6.07. The van der Waals surface area contributed by atoms with E-state index in [0.29, 0.717) is 11.9 Å². The number of alkyl halides is 3. The summed E-state index contributed by atoms with van der Waals surface area (Å²) in [5, 5.41) is 11.9. The van der Waals surface area contributed by atoms with E-state index in [1.165, 1.54) is 10.8 Å². The number of aliphatic carboxylic acids is 1. The van der Waals surface area contributed by atoms with Crippen LogP contribution in [0.5, 0.6) is 0 Å². The SMILES string of the molecule is O=C(NC(Cc1cccn1-c1ncc(C(F)(F)F)cc1Cl)C(=O)O)OCC1c2ccccc2-c2ccccc21. The van der Waals surface area contributed by atoms with E-state index in [1.807, 2.05) is 48.5 Å². The van der Waals surface area contributed by atoms with Crippen molar-refractivity contribution >= 4 is 23.7 Å². The fourth-order valence-electron chi connectivity index (χ4n) is 4.74. The van der Waals surface area contributed by atoms with Gasteiger partial charge in [0.1, 0.15) is 12.6 Å². The van der Waals surface area contributed by atoms with Crippen LogP contribution in [0.4, 0.5) is 18.0 Å². The highest BCUT2D eigenvalue weighted by Gasteiger charge is 2.32. The molecule has 1 unspecified atom stereocenters. The van der Waals surface area contributed by atoms with Gasteiger partial charge in [-0.1, -0.05) is 60.1 Å². The van der Waals surface area contributed by atoms with Gasteiger partial charge >= 0.3 is 18.2 Å². The molecule has 2 aromatic carbocycles. The minimum atomic E-state index is -4.62. The third kappa shape index (κ3) is 5.33. The van der Waals surface area contributed by atoms with Crippen molar-refractivity contribution in [3.8, 4) is 16.9 Å². The van der Waals surface area contributed by atoms with Gasteiger partial charge < -0.3 is 19.7 Å². The number of carbonyl (C=O) groups excluding carboxylic acids is 1. The number of benzene rings is 2. The van der Waals surface area contributed by atoms with Gasteiger partial charge in [0, 0.05) is 30.4 Å². The molecule has 2 aromatic heterocycles. The molecular formula is C28H21ClF3N3O4. The van der Waals surface area contributed by atoms with Crippen molar-refractivity contribution < 1.29 is 32.6 Å². The highest BCUT2D eigenvalue weighted by molar-refractivity contribution is 6.32. The molecule has 2 heterocycles. The second-order valence-electron chi connectivity index (χ2n) is 8.96. The normalized spacial score (nSPS) is 13.4. The maximum atomic E-state index is 13.0. The molecule has 2 N–H and O–H groups in total. The minimum Gasteiger partial charge on any atom is -0.480 e. The topological polar surface area (TPSA) is 93.5 Å². The second-order valence-corrected chi connectivity index (χ2v) is 9.37. The maximum absolute atomic E-state index is 13.0. The predicted molar refractivity (Wildman–Crippen MR) is 137 cm³/mol. The van der Waals surface area contributed by atoms with Crippen molar-refractivity contribution in [1.82, 2.24) is 14.9 Å². The Balaban J connectivity index is 1.28. The Kier molecular flexibility index (Phi) is 7.05. The number of carbonyl (C=O) groups is 2. The lowest BCUT2D eigenvalue weighted by Crippen LogP contribution is -2.43. The Hall–Kier alpha value is -4.31. The quantitative estimate of drug-likeness (QED) is 0.288. The molecule has 5 rings (SSSR count). The average Bonchev–Trinajstić information content (AvgIpc) is 3.49. The number of pyridine rings is 1. The number of amides is 1. The summed E-state index contributed by atoms with van der Waals surface area (Å²) in [5.41, 5.74) is 3.49. The maximum Gasteiger partial charge on any atom is 0.417 e. The van der Waals surface area contributed by atoms with Gasteiger partial charge in [-0.05, 0) is 40.5 Å². The lowest BCUT2D eigenvalue weighted by atomic mass is 9.98. The number of carboxylic acid groups (broad SMARTS) is 1. The smallest absolute Gasteiger partial charge is 0.417 e. The van der Waals surface area contributed by atoms with Crippen LogP contribution in [0.15, 0.2) is 79.1 Å². The summed E-state index contributed by atoms with van der Waals surface area (Å²) in [6, 6.07) is 18.1. The molecule has 0 saturated carbocycles. The Labute approximate surface area is 225 Å². The van der Waals surface area contributed by atoms with Crippen molar-refractivity contribution in [2.45, 2.75) is 24.6 Å². The van der Waals surface area contributed by atoms with E-state index in [-0.39, 0.29) is 29.8 Å². The van der Waals surface area contributed by atoms with Crippen LogP contribution in [0.1, 0.15) is 28.3 Å². The van der Waals surface area contributed by atoms with E-state index in [2.05, 4.69) is 10.3 Å². The molecule has 1 atom stereocenters. The van der Waals surface area contributed by atoms with Gasteiger partial charge in [-0.15, -0.1) is 0 Å².